The maximum Gasteiger partial charge on any atom is 0.401 e. The number of carbonyl (C=O) groups is 1. The van der Waals surface area contributed by atoms with E-state index in [1.54, 1.807) is 6.07 Å². The first kappa shape index (κ1) is 20.8. The van der Waals surface area contributed by atoms with Crippen molar-refractivity contribution in [1.29, 1.82) is 0 Å². The van der Waals surface area contributed by atoms with E-state index in [0.29, 0.717) is 37.3 Å². The average molecular weight is 421 g/mol. The molecule has 4 rings (SSSR count). The van der Waals surface area contributed by atoms with E-state index in [0.717, 1.165) is 12.1 Å². The zero-order chi connectivity index (χ0) is 21.3. The molecule has 0 radical (unpaired) electrons. The molecule has 2 aliphatic heterocycles. The van der Waals surface area contributed by atoms with Crippen molar-refractivity contribution in [2.75, 3.05) is 24.5 Å². The van der Waals surface area contributed by atoms with E-state index in [9.17, 15) is 18.0 Å². The van der Waals surface area contributed by atoms with Gasteiger partial charge in [-0.2, -0.15) is 13.2 Å². The molecule has 1 fully saturated rings. The third kappa shape index (κ3) is 4.64. The summed E-state index contributed by atoms with van der Waals surface area (Å²) in [7, 11) is 0. The Balaban J connectivity index is 1.41. The molecule has 0 bridgehead atoms. The predicted octanol–water partition coefficient (Wildman–Crippen LogP) is 3.99. The SMILES string of the molecule is CC1Cc2ccccc2N1Cc1occc1C(=O)NC1CCCN(CC(F)(F)F)C1. The third-order valence-electron chi connectivity index (χ3n) is 5.90. The van der Waals surface area contributed by atoms with E-state index in [1.165, 1.54) is 16.7 Å². The van der Waals surface area contributed by atoms with Crippen molar-refractivity contribution in [2.45, 2.75) is 51.0 Å². The highest BCUT2D eigenvalue weighted by atomic mass is 19.4. The second-order valence-electron chi connectivity index (χ2n) is 8.23. The molecule has 1 aromatic heterocycles. The van der Waals surface area contributed by atoms with E-state index >= 15 is 0 Å². The number of benzene rings is 1. The first-order valence-electron chi connectivity index (χ1n) is 10.3. The van der Waals surface area contributed by atoms with Crippen LogP contribution in [0.15, 0.2) is 41.0 Å². The van der Waals surface area contributed by atoms with Crippen molar-refractivity contribution >= 4 is 11.6 Å². The van der Waals surface area contributed by atoms with E-state index in [-0.39, 0.29) is 24.5 Å². The Morgan fingerprint density at radius 1 is 1.27 bits per heavy atom. The molecular weight excluding hydrogens is 395 g/mol. The second-order valence-corrected chi connectivity index (χ2v) is 8.23. The molecule has 0 spiro atoms. The maximum atomic E-state index is 12.9. The lowest BCUT2D eigenvalue weighted by molar-refractivity contribution is -0.148. The molecule has 1 saturated heterocycles. The van der Waals surface area contributed by atoms with Crippen molar-refractivity contribution in [3.63, 3.8) is 0 Å². The fourth-order valence-electron chi connectivity index (χ4n) is 4.52. The standard InChI is InChI=1S/C22H26F3N3O2/c1-15-11-16-5-2-3-7-19(16)28(15)13-20-18(8-10-30-20)21(29)26-17-6-4-9-27(12-17)14-22(23,24)25/h2-3,5,7-8,10,15,17H,4,6,9,11-14H2,1H3,(H,26,29). The Hall–Kier alpha value is -2.48. The van der Waals surface area contributed by atoms with Crippen LogP contribution in [0.5, 0.6) is 0 Å². The summed E-state index contributed by atoms with van der Waals surface area (Å²) in [4.78, 5) is 16.4. The van der Waals surface area contributed by atoms with Gasteiger partial charge in [0.2, 0.25) is 0 Å². The minimum atomic E-state index is -4.23. The molecule has 1 aromatic carbocycles. The highest BCUT2D eigenvalue weighted by Crippen LogP contribution is 2.33. The summed E-state index contributed by atoms with van der Waals surface area (Å²) < 4.78 is 43.7. The maximum absolute atomic E-state index is 12.9. The normalized spacial score (nSPS) is 22.2. The molecule has 2 unspecified atom stereocenters. The van der Waals surface area contributed by atoms with Gasteiger partial charge in [0.1, 0.15) is 5.76 Å². The molecule has 2 atom stereocenters. The van der Waals surface area contributed by atoms with Gasteiger partial charge in [-0.3, -0.25) is 9.69 Å². The van der Waals surface area contributed by atoms with Crippen LogP contribution in [0, 0.1) is 0 Å². The van der Waals surface area contributed by atoms with Crippen LogP contribution in [0.3, 0.4) is 0 Å². The Kier molecular flexibility index (Phi) is 5.77. The van der Waals surface area contributed by atoms with Gasteiger partial charge in [0, 0.05) is 24.3 Å². The fourth-order valence-corrected chi connectivity index (χ4v) is 4.52. The highest BCUT2D eigenvalue weighted by molar-refractivity contribution is 5.95. The molecule has 5 nitrogen and oxygen atoms in total. The second kappa shape index (κ2) is 8.34. The van der Waals surface area contributed by atoms with Crippen molar-refractivity contribution in [3.8, 4) is 0 Å². The zero-order valence-electron chi connectivity index (χ0n) is 16.9. The van der Waals surface area contributed by atoms with E-state index in [2.05, 4.69) is 29.3 Å². The first-order chi connectivity index (χ1) is 14.3. The van der Waals surface area contributed by atoms with Crippen molar-refractivity contribution in [2.24, 2.45) is 0 Å². The molecule has 8 heteroatoms. The van der Waals surface area contributed by atoms with Crippen LogP contribution in [-0.4, -0.2) is 48.7 Å². The monoisotopic (exact) mass is 421 g/mol. The van der Waals surface area contributed by atoms with Gasteiger partial charge < -0.3 is 14.6 Å². The number of hydrogen-bond acceptors (Lipinski definition) is 4. The quantitative estimate of drug-likeness (QED) is 0.793. The number of fused-ring (bicyclic) bond motifs is 1. The van der Waals surface area contributed by atoms with Crippen LogP contribution in [0.4, 0.5) is 18.9 Å². The minimum Gasteiger partial charge on any atom is -0.467 e. The smallest absolute Gasteiger partial charge is 0.401 e. The van der Waals surface area contributed by atoms with Gasteiger partial charge in [0.25, 0.3) is 5.91 Å². The number of carbonyl (C=O) groups excluding carboxylic acids is 1. The number of furan rings is 1. The van der Waals surface area contributed by atoms with E-state index < -0.39 is 12.7 Å². The van der Waals surface area contributed by atoms with Crippen molar-refractivity contribution in [1.82, 2.24) is 10.2 Å². The van der Waals surface area contributed by atoms with Crippen LogP contribution in [-0.2, 0) is 13.0 Å². The number of likely N-dealkylation sites (tertiary alicyclic amines) is 1. The zero-order valence-corrected chi connectivity index (χ0v) is 16.9. The van der Waals surface area contributed by atoms with Crippen LogP contribution in [0.1, 0.15) is 41.4 Å². The number of para-hydroxylation sites is 1. The van der Waals surface area contributed by atoms with E-state index in [4.69, 9.17) is 4.42 Å². The number of nitrogens with one attached hydrogen (secondary N) is 1. The summed E-state index contributed by atoms with van der Waals surface area (Å²) in [6, 6.07) is 9.81. The predicted molar refractivity (Wildman–Crippen MR) is 107 cm³/mol. The summed E-state index contributed by atoms with van der Waals surface area (Å²) in [5, 5.41) is 2.91. The lowest BCUT2D eigenvalue weighted by atomic mass is 10.0. The minimum absolute atomic E-state index is 0.203. The van der Waals surface area contributed by atoms with Gasteiger partial charge in [-0.05, 0) is 50.4 Å². The van der Waals surface area contributed by atoms with Gasteiger partial charge in [-0.15, -0.1) is 0 Å². The Morgan fingerprint density at radius 3 is 2.87 bits per heavy atom. The number of nitrogens with zero attached hydrogens (tertiary/aromatic N) is 2. The lowest BCUT2D eigenvalue weighted by Crippen LogP contribution is -2.50. The number of amides is 1. The Labute approximate surface area is 173 Å². The molecule has 0 aliphatic carbocycles. The summed E-state index contributed by atoms with van der Waals surface area (Å²) in [5.74, 6) is 0.275. The summed E-state index contributed by atoms with van der Waals surface area (Å²) in [6.45, 7) is 2.27. The number of halogens is 3. The fraction of sp³-hybridized carbons (Fsp3) is 0.500. The van der Waals surface area contributed by atoms with Crippen LogP contribution in [0.2, 0.25) is 0 Å². The number of hydrogen-bond donors (Lipinski definition) is 1. The number of alkyl halides is 3. The Bertz CT molecular complexity index is 896. The summed E-state index contributed by atoms with van der Waals surface area (Å²) in [6.07, 6.45) is -0.499. The van der Waals surface area contributed by atoms with Gasteiger partial charge >= 0.3 is 6.18 Å². The van der Waals surface area contributed by atoms with Gasteiger partial charge in [-0.1, -0.05) is 18.2 Å². The first-order valence-corrected chi connectivity index (χ1v) is 10.3. The molecule has 2 aromatic rings. The lowest BCUT2D eigenvalue weighted by Gasteiger charge is -2.33. The highest BCUT2D eigenvalue weighted by Gasteiger charge is 2.34. The van der Waals surface area contributed by atoms with Crippen molar-refractivity contribution in [3.05, 3.63) is 53.5 Å². The van der Waals surface area contributed by atoms with Crippen molar-refractivity contribution < 1.29 is 22.4 Å². The van der Waals surface area contributed by atoms with Gasteiger partial charge in [0.05, 0.1) is 24.9 Å². The van der Waals surface area contributed by atoms with Gasteiger partial charge in [0.15, 0.2) is 0 Å². The molecule has 3 heterocycles. The Morgan fingerprint density at radius 2 is 2.07 bits per heavy atom. The van der Waals surface area contributed by atoms with Crippen LogP contribution >= 0.6 is 0 Å². The molecular formula is C22H26F3N3O2. The molecule has 162 valence electrons. The molecule has 30 heavy (non-hydrogen) atoms. The van der Waals surface area contributed by atoms with E-state index in [1.807, 2.05) is 12.1 Å². The number of rotatable bonds is 5. The van der Waals surface area contributed by atoms with Gasteiger partial charge in [-0.25, -0.2) is 0 Å². The van der Waals surface area contributed by atoms with Crippen LogP contribution in [0.25, 0.3) is 0 Å². The number of anilines is 1. The summed E-state index contributed by atoms with van der Waals surface area (Å²) >= 11 is 0. The molecule has 1 amide bonds. The largest absolute Gasteiger partial charge is 0.467 e. The summed E-state index contributed by atoms with van der Waals surface area (Å²) in [5.41, 5.74) is 2.86. The molecule has 1 N–H and O–H groups in total. The molecule has 2 aliphatic rings. The topological polar surface area (TPSA) is 48.7 Å². The van der Waals surface area contributed by atoms with Crippen LogP contribution < -0.4 is 10.2 Å². The molecule has 0 saturated carbocycles. The average Bonchev–Trinajstić information content (AvgIpc) is 3.26. The third-order valence-corrected chi connectivity index (χ3v) is 5.90. The number of piperidine rings is 1.